The SMILES string of the molecule is Nc1cccc(Br)c1OCC(=O)NC1CCOCC1. The molecule has 0 radical (unpaired) electrons. The van der Waals surface area contributed by atoms with Gasteiger partial charge >= 0.3 is 0 Å². The molecule has 104 valence electrons. The highest BCUT2D eigenvalue weighted by atomic mass is 79.9. The third-order valence-electron chi connectivity index (χ3n) is 2.93. The van der Waals surface area contributed by atoms with Crippen molar-refractivity contribution in [2.45, 2.75) is 18.9 Å². The highest BCUT2D eigenvalue weighted by Gasteiger charge is 2.16. The van der Waals surface area contributed by atoms with E-state index in [0.717, 1.165) is 17.3 Å². The Bertz CT molecular complexity index is 427. The maximum Gasteiger partial charge on any atom is 0.258 e. The Balaban J connectivity index is 1.83. The minimum Gasteiger partial charge on any atom is -0.480 e. The van der Waals surface area contributed by atoms with E-state index in [0.29, 0.717) is 24.7 Å². The van der Waals surface area contributed by atoms with Gasteiger partial charge < -0.3 is 20.5 Å². The number of rotatable bonds is 4. The summed E-state index contributed by atoms with van der Waals surface area (Å²) in [7, 11) is 0. The number of carbonyl (C=O) groups excluding carboxylic acids is 1. The highest BCUT2D eigenvalue weighted by molar-refractivity contribution is 9.10. The second kappa shape index (κ2) is 6.77. The lowest BCUT2D eigenvalue weighted by Gasteiger charge is -2.23. The molecule has 1 amide bonds. The summed E-state index contributed by atoms with van der Waals surface area (Å²) in [6.45, 7) is 1.36. The van der Waals surface area contributed by atoms with E-state index in [4.69, 9.17) is 15.2 Å². The first-order valence-corrected chi connectivity index (χ1v) is 7.00. The van der Waals surface area contributed by atoms with Gasteiger partial charge in [0.15, 0.2) is 12.4 Å². The van der Waals surface area contributed by atoms with E-state index >= 15 is 0 Å². The van der Waals surface area contributed by atoms with Crippen molar-refractivity contribution in [1.82, 2.24) is 5.32 Å². The van der Waals surface area contributed by atoms with Crippen LogP contribution in [0, 0.1) is 0 Å². The van der Waals surface area contributed by atoms with Crippen molar-refractivity contribution in [3.63, 3.8) is 0 Å². The summed E-state index contributed by atoms with van der Waals surface area (Å²) in [6.07, 6.45) is 1.70. The minimum atomic E-state index is -0.137. The first-order valence-electron chi connectivity index (χ1n) is 6.20. The summed E-state index contributed by atoms with van der Waals surface area (Å²) < 4.78 is 11.4. The normalized spacial score (nSPS) is 16.1. The molecule has 0 aromatic heterocycles. The van der Waals surface area contributed by atoms with Gasteiger partial charge in [-0.3, -0.25) is 4.79 Å². The van der Waals surface area contributed by atoms with Gasteiger partial charge in [-0.15, -0.1) is 0 Å². The van der Waals surface area contributed by atoms with Crippen LogP contribution in [-0.4, -0.2) is 31.8 Å². The molecule has 1 aliphatic rings. The number of carbonyl (C=O) groups is 1. The lowest BCUT2D eigenvalue weighted by atomic mass is 10.1. The number of ether oxygens (including phenoxy) is 2. The predicted octanol–water partition coefficient (Wildman–Crippen LogP) is 1.71. The summed E-state index contributed by atoms with van der Waals surface area (Å²) in [4.78, 5) is 11.8. The van der Waals surface area contributed by atoms with Gasteiger partial charge in [0.25, 0.3) is 5.91 Å². The van der Waals surface area contributed by atoms with Crippen LogP contribution >= 0.6 is 15.9 Å². The van der Waals surface area contributed by atoms with E-state index in [-0.39, 0.29) is 18.6 Å². The topological polar surface area (TPSA) is 73.6 Å². The number of nitrogens with one attached hydrogen (secondary N) is 1. The molecule has 6 heteroatoms. The fraction of sp³-hybridized carbons (Fsp3) is 0.462. The molecule has 0 atom stereocenters. The molecule has 0 spiro atoms. The number of anilines is 1. The molecule has 1 saturated heterocycles. The van der Waals surface area contributed by atoms with Crippen LogP contribution in [0.1, 0.15) is 12.8 Å². The number of hydrogen-bond acceptors (Lipinski definition) is 4. The average molecular weight is 329 g/mol. The van der Waals surface area contributed by atoms with Crippen LogP contribution in [0.15, 0.2) is 22.7 Å². The van der Waals surface area contributed by atoms with Crippen LogP contribution in [0.5, 0.6) is 5.75 Å². The zero-order valence-electron chi connectivity index (χ0n) is 10.5. The molecule has 1 fully saturated rings. The highest BCUT2D eigenvalue weighted by Crippen LogP contribution is 2.30. The Morgan fingerprint density at radius 3 is 2.89 bits per heavy atom. The third kappa shape index (κ3) is 4.11. The number of nitrogen functional groups attached to an aromatic ring is 1. The Morgan fingerprint density at radius 2 is 2.21 bits per heavy atom. The van der Waals surface area contributed by atoms with Gasteiger partial charge in [0.05, 0.1) is 10.2 Å². The monoisotopic (exact) mass is 328 g/mol. The van der Waals surface area contributed by atoms with Crippen molar-refractivity contribution in [2.75, 3.05) is 25.6 Å². The van der Waals surface area contributed by atoms with E-state index in [2.05, 4.69) is 21.2 Å². The molecular weight excluding hydrogens is 312 g/mol. The Morgan fingerprint density at radius 1 is 1.47 bits per heavy atom. The maximum atomic E-state index is 11.8. The standard InChI is InChI=1S/C13H17BrN2O3/c14-10-2-1-3-11(15)13(10)19-8-12(17)16-9-4-6-18-7-5-9/h1-3,9H,4-8,15H2,(H,16,17). The van der Waals surface area contributed by atoms with Crippen LogP contribution in [0.25, 0.3) is 0 Å². The summed E-state index contributed by atoms with van der Waals surface area (Å²) in [5.41, 5.74) is 6.30. The summed E-state index contributed by atoms with van der Waals surface area (Å²) >= 11 is 3.34. The van der Waals surface area contributed by atoms with Gasteiger partial charge in [-0.05, 0) is 40.9 Å². The van der Waals surface area contributed by atoms with Crippen molar-refractivity contribution in [3.8, 4) is 5.75 Å². The molecule has 1 aromatic rings. The van der Waals surface area contributed by atoms with Crippen LogP contribution < -0.4 is 15.8 Å². The lowest BCUT2D eigenvalue weighted by Crippen LogP contribution is -2.41. The van der Waals surface area contributed by atoms with Crippen LogP contribution in [-0.2, 0) is 9.53 Å². The smallest absolute Gasteiger partial charge is 0.258 e. The molecule has 2 rings (SSSR count). The maximum absolute atomic E-state index is 11.8. The van der Waals surface area contributed by atoms with Crippen LogP contribution in [0.2, 0.25) is 0 Å². The zero-order valence-corrected chi connectivity index (χ0v) is 12.1. The summed E-state index contributed by atoms with van der Waals surface area (Å²) in [5.74, 6) is 0.367. The Hall–Kier alpha value is -1.27. The first-order chi connectivity index (χ1) is 9.16. The van der Waals surface area contributed by atoms with Gasteiger partial charge in [0, 0.05) is 19.3 Å². The fourth-order valence-electron chi connectivity index (χ4n) is 1.93. The molecule has 5 nitrogen and oxygen atoms in total. The molecule has 1 aromatic carbocycles. The number of hydrogen-bond donors (Lipinski definition) is 2. The van der Waals surface area contributed by atoms with E-state index in [1.807, 2.05) is 12.1 Å². The van der Waals surface area contributed by atoms with E-state index < -0.39 is 0 Å². The number of amides is 1. The van der Waals surface area contributed by atoms with Crippen molar-refractivity contribution >= 4 is 27.5 Å². The van der Waals surface area contributed by atoms with Crippen molar-refractivity contribution in [2.24, 2.45) is 0 Å². The lowest BCUT2D eigenvalue weighted by molar-refractivity contribution is -0.124. The molecule has 0 unspecified atom stereocenters. The molecule has 0 aliphatic carbocycles. The molecule has 1 heterocycles. The average Bonchev–Trinajstić information content (AvgIpc) is 2.39. The second-order valence-electron chi connectivity index (χ2n) is 4.40. The number of benzene rings is 1. The van der Waals surface area contributed by atoms with E-state index in [1.54, 1.807) is 6.07 Å². The van der Waals surface area contributed by atoms with E-state index in [1.165, 1.54) is 0 Å². The molecule has 0 bridgehead atoms. The van der Waals surface area contributed by atoms with Gasteiger partial charge in [0.2, 0.25) is 0 Å². The zero-order chi connectivity index (χ0) is 13.7. The Labute approximate surface area is 120 Å². The molecular formula is C13H17BrN2O3. The number of nitrogens with two attached hydrogens (primary N) is 1. The number of para-hydroxylation sites is 1. The number of halogens is 1. The van der Waals surface area contributed by atoms with Crippen molar-refractivity contribution in [3.05, 3.63) is 22.7 Å². The quantitative estimate of drug-likeness (QED) is 0.825. The molecule has 0 saturated carbocycles. The molecule has 1 aliphatic heterocycles. The van der Waals surface area contributed by atoms with E-state index in [9.17, 15) is 4.79 Å². The fourth-order valence-corrected chi connectivity index (χ4v) is 2.42. The van der Waals surface area contributed by atoms with Crippen molar-refractivity contribution in [1.29, 1.82) is 0 Å². The van der Waals surface area contributed by atoms with Gasteiger partial charge in [-0.2, -0.15) is 0 Å². The first kappa shape index (κ1) is 14.1. The van der Waals surface area contributed by atoms with Gasteiger partial charge in [-0.25, -0.2) is 0 Å². The molecule has 19 heavy (non-hydrogen) atoms. The summed E-state index contributed by atoms with van der Waals surface area (Å²) in [5, 5.41) is 2.93. The largest absolute Gasteiger partial charge is 0.480 e. The van der Waals surface area contributed by atoms with Crippen LogP contribution in [0.3, 0.4) is 0 Å². The summed E-state index contributed by atoms with van der Waals surface area (Å²) in [6, 6.07) is 5.55. The Kier molecular flexibility index (Phi) is 5.04. The molecule has 3 N–H and O–H groups in total. The minimum absolute atomic E-state index is 0.0375. The van der Waals surface area contributed by atoms with Crippen molar-refractivity contribution < 1.29 is 14.3 Å². The predicted molar refractivity (Wildman–Crippen MR) is 76.0 cm³/mol. The third-order valence-corrected chi connectivity index (χ3v) is 3.56. The van der Waals surface area contributed by atoms with Gasteiger partial charge in [-0.1, -0.05) is 6.07 Å². The second-order valence-corrected chi connectivity index (χ2v) is 5.26. The van der Waals surface area contributed by atoms with Crippen LogP contribution in [0.4, 0.5) is 5.69 Å². The van der Waals surface area contributed by atoms with Gasteiger partial charge in [0.1, 0.15) is 0 Å².